The molecule has 0 aromatic rings. The van der Waals surface area contributed by atoms with Gasteiger partial charge in [0.2, 0.25) is 5.91 Å². The molecule has 1 rings (SSSR count). The highest BCUT2D eigenvalue weighted by molar-refractivity contribution is 5.76. The van der Waals surface area contributed by atoms with Crippen molar-refractivity contribution in [3.05, 3.63) is 0 Å². The molecule has 100 valence electrons. The van der Waals surface area contributed by atoms with Crippen LogP contribution in [0.4, 0.5) is 0 Å². The average Bonchev–Trinajstić information content (AvgIpc) is 2.74. The van der Waals surface area contributed by atoms with Gasteiger partial charge in [0.25, 0.3) is 0 Å². The third-order valence-corrected chi connectivity index (χ3v) is 3.67. The highest BCUT2D eigenvalue weighted by atomic mass is 16.5. The standard InChI is InChI=1S/C13H26N2O2/c1-13(2,7-8-14)6-4-12(16)15-9-5-11(10-15)17-3/h11H,4-10,14H2,1-3H3. The molecule has 0 aromatic heterocycles. The van der Waals surface area contributed by atoms with Crippen LogP contribution in [0.5, 0.6) is 0 Å². The molecule has 1 atom stereocenters. The maximum absolute atomic E-state index is 12.0. The van der Waals surface area contributed by atoms with Crippen molar-refractivity contribution in [2.75, 3.05) is 26.7 Å². The van der Waals surface area contributed by atoms with E-state index in [1.165, 1.54) is 0 Å². The number of hydrogen-bond donors (Lipinski definition) is 1. The van der Waals surface area contributed by atoms with E-state index in [0.29, 0.717) is 13.0 Å². The topological polar surface area (TPSA) is 55.6 Å². The second kappa shape index (κ2) is 6.36. The Kier molecular flexibility index (Phi) is 5.40. The van der Waals surface area contributed by atoms with E-state index in [4.69, 9.17) is 10.5 Å². The van der Waals surface area contributed by atoms with E-state index in [9.17, 15) is 4.79 Å². The lowest BCUT2D eigenvalue weighted by atomic mass is 9.84. The molecule has 1 aliphatic heterocycles. The normalized spacial score (nSPS) is 20.9. The number of nitrogens with zero attached hydrogens (tertiary/aromatic N) is 1. The van der Waals surface area contributed by atoms with Gasteiger partial charge in [-0.1, -0.05) is 13.8 Å². The van der Waals surface area contributed by atoms with Crippen LogP contribution in [0.15, 0.2) is 0 Å². The van der Waals surface area contributed by atoms with Crippen LogP contribution in [0.25, 0.3) is 0 Å². The first-order valence-corrected chi connectivity index (χ1v) is 6.49. The van der Waals surface area contributed by atoms with Gasteiger partial charge in [0, 0.05) is 26.6 Å². The molecule has 1 fully saturated rings. The molecular weight excluding hydrogens is 216 g/mol. The van der Waals surface area contributed by atoms with Crippen molar-refractivity contribution >= 4 is 5.91 Å². The Balaban J connectivity index is 2.30. The van der Waals surface area contributed by atoms with Crippen LogP contribution >= 0.6 is 0 Å². The van der Waals surface area contributed by atoms with Gasteiger partial charge in [-0.05, 0) is 31.2 Å². The number of likely N-dealkylation sites (tertiary alicyclic amines) is 1. The number of carbonyl (C=O) groups is 1. The second-order valence-corrected chi connectivity index (χ2v) is 5.69. The van der Waals surface area contributed by atoms with E-state index in [2.05, 4.69) is 13.8 Å². The van der Waals surface area contributed by atoms with Crippen LogP contribution in [0.2, 0.25) is 0 Å². The maximum Gasteiger partial charge on any atom is 0.222 e. The SMILES string of the molecule is COC1CCN(C(=O)CCC(C)(C)CCN)C1. The molecule has 1 amide bonds. The van der Waals surface area contributed by atoms with Crippen molar-refractivity contribution in [1.29, 1.82) is 0 Å². The number of carbonyl (C=O) groups excluding carboxylic acids is 1. The van der Waals surface area contributed by atoms with Crippen molar-refractivity contribution in [2.24, 2.45) is 11.1 Å². The Morgan fingerprint density at radius 3 is 2.71 bits per heavy atom. The maximum atomic E-state index is 12.0. The summed E-state index contributed by atoms with van der Waals surface area (Å²) in [5.74, 6) is 0.259. The van der Waals surface area contributed by atoms with Gasteiger partial charge in [0.05, 0.1) is 6.10 Å². The molecule has 17 heavy (non-hydrogen) atoms. The number of methoxy groups -OCH3 is 1. The zero-order valence-corrected chi connectivity index (χ0v) is 11.4. The number of ether oxygens (including phenoxy) is 1. The number of rotatable bonds is 6. The molecule has 4 nitrogen and oxygen atoms in total. The predicted molar refractivity (Wildman–Crippen MR) is 68.7 cm³/mol. The quantitative estimate of drug-likeness (QED) is 0.765. The van der Waals surface area contributed by atoms with Crippen molar-refractivity contribution in [1.82, 2.24) is 4.90 Å². The van der Waals surface area contributed by atoms with Crippen LogP contribution in [0.1, 0.15) is 39.5 Å². The van der Waals surface area contributed by atoms with E-state index in [1.807, 2.05) is 4.90 Å². The summed E-state index contributed by atoms with van der Waals surface area (Å²) in [5.41, 5.74) is 5.74. The lowest BCUT2D eigenvalue weighted by molar-refractivity contribution is -0.131. The summed E-state index contributed by atoms with van der Waals surface area (Å²) in [6.45, 7) is 6.64. The van der Waals surface area contributed by atoms with E-state index in [1.54, 1.807) is 7.11 Å². The van der Waals surface area contributed by atoms with Gasteiger partial charge in [-0.15, -0.1) is 0 Å². The van der Waals surface area contributed by atoms with Crippen LogP contribution in [-0.4, -0.2) is 43.7 Å². The molecule has 1 saturated heterocycles. The smallest absolute Gasteiger partial charge is 0.222 e. The van der Waals surface area contributed by atoms with Gasteiger partial charge in [0.15, 0.2) is 0 Å². The number of nitrogens with two attached hydrogens (primary N) is 1. The van der Waals surface area contributed by atoms with E-state index in [-0.39, 0.29) is 17.4 Å². The molecular formula is C13H26N2O2. The Hall–Kier alpha value is -0.610. The highest BCUT2D eigenvalue weighted by Gasteiger charge is 2.27. The predicted octanol–water partition coefficient (Wildman–Crippen LogP) is 1.39. The second-order valence-electron chi connectivity index (χ2n) is 5.69. The average molecular weight is 242 g/mol. The largest absolute Gasteiger partial charge is 0.380 e. The summed E-state index contributed by atoms with van der Waals surface area (Å²) in [4.78, 5) is 13.9. The Morgan fingerprint density at radius 2 is 2.18 bits per heavy atom. The third-order valence-electron chi connectivity index (χ3n) is 3.67. The molecule has 1 aliphatic rings. The lowest BCUT2D eigenvalue weighted by Gasteiger charge is -2.25. The van der Waals surface area contributed by atoms with Crippen LogP contribution in [0, 0.1) is 5.41 Å². The van der Waals surface area contributed by atoms with Gasteiger partial charge in [-0.2, -0.15) is 0 Å². The van der Waals surface area contributed by atoms with Gasteiger partial charge < -0.3 is 15.4 Å². The first-order valence-electron chi connectivity index (χ1n) is 6.49. The van der Waals surface area contributed by atoms with E-state index < -0.39 is 0 Å². The molecule has 0 aromatic carbocycles. The van der Waals surface area contributed by atoms with Gasteiger partial charge >= 0.3 is 0 Å². The minimum Gasteiger partial charge on any atom is -0.380 e. The number of amides is 1. The Bertz CT molecular complexity index is 254. The molecule has 1 unspecified atom stereocenters. The van der Waals surface area contributed by atoms with Crippen molar-refractivity contribution in [3.63, 3.8) is 0 Å². The Labute approximate surface area is 104 Å². The minimum absolute atomic E-state index is 0.171. The zero-order valence-electron chi connectivity index (χ0n) is 11.4. The minimum atomic E-state index is 0.171. The molecule has 0 bridgehead atoms. The van der Waals surface area contributed by atoms with Crippen molar-refractivity contribution in [3.8, 4) is 0 Å². The first-order chi connectivity index (χ1) is 7.98. The van der Waals surface area contributed by atoms with Crippen LogP contribution in [-0.2, 0) is 9.53 Å². The monoisotopic (exact) mass is 242 g/mol. The van der Waals surface area contributed by atoms with Crippen molar-refractivity contribution < 1.29 is 9.53 Å². The summed E-state index contributed by atoms with van der Waals surface area (Å²) >= 11 is 0. The summed E-state index contributed by atoms with van der Waals surface area (Å²) < 4.78 is 5.27. The first kappa shape index (κ1) is 14.5. The van der Waals surface area contributed by atoms with Gasteiger partial charge in [-0.25, -0.2) is 0 Å². The molecule has 0 saturated carbocycles. The van der Waals surface area contributed by atoms with E-state index >= 15 is 0 Å². The fourth-order valence-electron chi connectivity index (χ4n) is 2.27. The van der Waals surface area contributed by atoms with Crippen molar-refractivity contribution in [2.45, 2.75) is 45.6 Å². The molecule has 0 aliphatic carbocycles. The summed E-state index contributed by atoms with van der Waals surface area (Å²) in [6, 6.07) is 0. The van der Waals surface area contributed by atoms with Gasteiger partial charge in [-0.3, -0.25) is 4.79 Å². The highest BCUT2D eigenvalue weighted by Crippen LogP contribution is 2.26. The molecule has 0 radical (unpaired) electrons. The zero-order chi connectivity index (χ0) is 12.9. The van der Waals surface area contributed by atoms with Crippen LogP contribution in [0.3, 0.4) is 0 Å². The molecule has 4 heteroatoms. The Morgan fingerprint density at radius 1 is 1.47 bits per heavy atom. The van der Waals surface area contributed by atoms with Gasteiger partial charge in [0.1, 0.15) is 0 Å². The third kappa shape index (κ3) is 4.64. The molecule has 0 spiro atoms. The summed E-state index contributed by atoms with van der Waals surface area (Å²) in [5, 5.41) is 0. The fourth-order valence-corrected chi connectivity index (χ4v) is 2.27. The fraction of sp³-hybridized carbons (Fsp3) is 0.923. The lowest BCUT2D eigenvalue weighted by Crippen LogP contribution is -2.31. The number of hydrogen-bond acceptors (Lipinski definition) is 3. The van der Waals surface area contributed by atoms with Crippen LogP contribution < -0.4 is 5.73 Å². The molecule has 2 N–H and O–H groups in total. The molecule has 1 heterocycles. The summed E-state index contributed by atoms with van der Waals surface area (Å²) in [6.07, 6.45) is 3.71. The van der Waals surface area contributed by atoms with E-state index in [0.717, 1.165) is 32.4 Å². The summed E-state index contributed by atoms with van der Waals surface area (Å²) in [7, 11) is 1.71.